The Morgan fingerprint density at radius 2 is 0.362 bits per heavy atom. The van der Waals surface area contributed by atoms with E-state index in [-0.39, 0.29) is 0 Å². The largest absolute Gasteiger partial charge is 0.247 e. The zero-order chi connectivity index (χ0) is 61.5. The van der Waals surface area contributed by atoms with Gasteiger partial charge in [0.1, 0.15) is 0 Å². The third-order valence-corrected chi connectivity index (χ3v) is 22.5. The maximum atomic E-state index is 6.31. The molecule has 1 heterocycles. The second kappa shape index (κ2) is 18.9. The third kappa shape index (κ3) is 6.31. The molecule has 0 N–H and O–H groups in total. The molecule has 2 nitrogen and oxygen atoms in total. The van der Waals surface area contributed by atoms with Crippen LogP contribution in [0, 0.1) is 0 Å². The van der Waals surface area contributed by atoms with E-state index in [9.17, 15) is 0 Å². The van der Waals surface area contributed by atoms with Crippen molar-refractivity contribution in [1.29, 1.82) is 0 Å². The molecule has 2 spiro atoms. The van der Waals surface area contributed by atoms with Crippen molar-refractivity contribution in [2.24, 2.45) is 0 Å². The lowest BCUT2D eigenvalue weighted by atomic mass is 9.68. The highest BCUT2D eigenvalue weighted by Gasteiger charge is 2.56. The van der Waals surface area contributed by atoms with Crippen molar-refractivity contribution in [3.63, 3.8) is 0 Å². The highest BCUT2D eigenvalue weighted by atomic mass is 14.9. The summed E-state index contributed by atoms with van der Waals surface area (Å²) in [7, 11) is 0. The van der Waals surface area contributed by atoms with Crippen molar-refractivity contribution in [3.8, 4) is 89.3 Å². The summed E-state index contributed by atoms with van der Waals surface area (Å²) >= 11 is 0. The second-order valence-corrected chi connectivity index (χ2v) is 26.4. The average molecular weight is 1190 g/mol. The lowest BCUT2D eigenvalue weighted by Crippen LogP contribution is -2.31. The Kier molecular flexibility index (Phi) is 10.4. The molecule has 15 aromatic rings. The molecule has 2 heteroatoms. The van der Waals surface area contributed by atoms with Gasteiger partial charge in [-0.05, 0) is 169 Å². The molecule has 0 saturated heterocycles. The van der Waals surface area contributed by atoms with Crippen LogP contribution in [0.3, 0.4) is 0 Å². The molecule has 14 aromatic carbocycles. The van der Waals surface area contributed by atoms with E-state index in [0.717, 1.165) is 67.3 Å². The van der Waals surface area contributed by atoms with Gasteiger partial charge in [0.05, 0.1) is 44.4 Å². The summed E-state index contributed by atoms with van der Waals surface area (Å²) in [4.78, 5) is 12.6. The summed E-state index contributed by atoms with van der Waals surface area (Å²) in [5.41, 5.74) is 35.8. The van der Waals surface area contributed by atoms with Gasteiger partial charge in [0.15, 0.2) is 0 Å². The van der Waals surface area contributed by atoms with Crippen LogP contribution in [0.4, 0.5) is 0 Å². The van der Waals surface area contributed by atoms with Crippen molar-refractivity contribution in [2.75, 3.05) is 0 Å². The lowest BCUT2D eigenvalue weighted by Gasteiger charge is -2.34. The molecule has 6 aliphatic rings. The van der Waals surface area contributed by atoms with E-state index in [1.807, 2.05) is 0 Å². The number of hydrogen-bond acceptors (Lipinski definition) is 2. The lowest BCUT2D eigenvalue weighted by molar-refractivity contribution is 0.713. The maximum absolute atomic E-state index is 6.31. The van der Waals surface area contributed by atoms with E-state index in [2.05, 4.69) is 340 Å². The molecule has 0 aliphatic heterocycles. The van der Waals surface area contributed by atoms with E-state index in [4.69, 9.17) is 9.97 Å². The highest BCUT2D eigenvalue weighted by Crippen LogP contribution is 2.67. The fourth-order valence-electron chi connectivity index (χ4n) is 18.9. The van der Waals surface area contributed by atoms with E-state index in [1.54, 1.807) is 0 Å². The molecule has 0 saturated carbocycles. The Balaban J connectivity index is 0.797. The van der Waals surface area contributed by atoms with Crippen LogP contribution in [-0.4, -0.2) is 9.97 Å². The highest BCUT2D eigenvalue weighted by molar-refractivity contribution is 5.99. The van der Waals surface area contributed by atoms with Crippen LogP contribution in [0.25, 0.3) is 89.3 Å². The average Bonchev–Trinajstić information content (AvgIpc) is 1.52. The molecule has 94 heavy (non-hydrogen) atoms. The van der Waals surface area contributed by atoms with Crippen LogP contribution in [0.1, 0.15) is 89.3 Å². The first kappa shape index (κ1) is 51.9. The van der Waals surface area contributed by atoms with Crippen LogP contribution < -0.4 is 0 Å². The van der Waals surface area contributed by atoms with Crippen molar-refractivity contribution in [1.82, 2.24) is 9.97 Å². The SMILES string of the molecule is c1ccc(C2(c3ccccc3)c3cc(-c4ccc5c(c4)C4(c6ccccc6-c6ccccc64)c4ccccc4-5)ccc3-c3nc4c(nc32)-c2ccc(-c3ccc5c(c3)C3(c6ccccc6-c6ccccc63)c3ccccc3-5)cc2C4(c2ccccc2)c2ccccc2)cc1. The van der Waals surface area contributed by atoms with E-state index in [0.29, 0.717) is 0 Å². The molecule has 0 radical (unpaired) electrons. The Labute approximate surface area is 546 Å². The predicted octanol–water partition coefficient (Wildman–Crippen LogP) is 21.2. The van der Waals surface area contributed by atoms with Crippen LogP contribution in [0.5, 0.6) is 0 Å². The summed E-state index contributed by atoms with van der Waals surface area (Å²) in [5, 5.41) is 0. The van der Waals surface area contributed by atoms with Gasteiger partial charge in [-0.25, -0.2) is 9.97 Å². The number of nitrogens with zero attached hydrogens (tertiary/aromatic N) is 2. The van der Waals surface area contributed by atoms with Crippen molar-refractivity contribution in [2.45, 2.75) is 21.7 Å². The summed E-state index contributed by atoms with van der Waals surface area (Å²) < 4.78 is 0. The maximum Gasteiger partial charge on any atom is 0.0941 e. The summed E-state index contributed by atoms with van der Waals surface area (Å²) in [6.07, 6.45) is 0. The van der Waals surface area contributed by atoms with Gasteiger partial charge in [-0.2, -0.15) is 0 Å². The molecule has 0 atom stereocenters. The minimum Gasteiger partial charge on any atom is -0.247 e. The fraction of sp³-hybridized carbons (Fsp3) is 0.0435. The number of rotatable bonds is 6. The fourth-order valence-corrected chi connectivity index (χ4v) is 18.9. The van der Waals surface area contributed by atoms with Crippen LogP contribution in [0.15, 0.2) is 340 Å². The van der Waals surface area contributed by atoms with E-state index in [1.165, 1.54) is 111 Å². The standard InChI is InChI=1S/C92H56N2/c1-5-25-61(26-6-1)89(62-27-7-2-8-28-62)83-55-59(57-45-49-71-69-37-17-23-43-79(69)91(81(71)53-57)75-39-19-13-33-65(75)66-34-14-20-40-76(66)91)47-51-73(83)85-87(89)93-86-74-52-48-60(56-84(74)90(88(86)94-85,63-29-9-3-10-30-63)64-31-11-4-12-32-64)58-46-50-72-70-38-18-24-44-80(70)92(82(72)54-58)77-41-21-15-35-67(77)68-36-16-22-42-78(68)92/h1-56H. The molecule has 1 aromatic heterocycles. The number of fused-ring (bicyclic) bond motifs is 26. The van der Waals surface area contributed by atoms with Crippen molar-refractivity contribution >= 4 is 0 Å². The zero-order valence-corrected chi connectivity index (χ0v) is 51.2. The van der Waals surface area contributed by atoms with Gasteiger partial charge in [0.25, 0.3) is 0 Å². The molecule has 0 fully saturated rings. The summed E-state index contributed by atoms with van der Waals surface area (Å²) in [6.45, 7) is 0. The molecular formula is C92H56N2. The molecule has 0 bridgehead atoms. The number of hydrogen-bond donors (Lipinski definition) is 0. The Morgan fingerprint density at radius 1 is 0.160 bits per heavy atom. The predicted molar refractivity (Wildman–Crippen MR) is 380 cm³/mol. The molecule has 434 valence electrons. The zero-order valence-electron chi connectivity index (χ0n) is 51.2. The second-order valence-electron chi connectivity index (χ2n) is 26.4. The number of aromatic nitrogens is 2. The number of benzene rings is 14. The quantitative estimate of drug-likeness (QED) is 0.166. The Bertz CT molecular complexity index is 5180. The van der Waals surface area contributed by atoms with Crippen molar-refractivity contribution in [3.05, 3.63) is 429 Å². The minimum absolute atomic E-state index is 0.471. The first-order valence-electron chi connectivity index (χ1n) is 33.0. The topological polar surface area (TPSA) is 25.8 Å². The van der Waals surface area contributed by atoms with Gasteiger partial charge in [0.2, 0.25) is 0 Å². The van der Waals surface area contributed by atoms with E-state index >= 15 is 0 Å². The molecule has 6 aliphatic carbocycles. The first-order chi connectivity index (χ1) is 46.6. The van der Waals surface area contributed by atoms with Crippen LogP contribution in [-0.2, 0) is 21.7 Å². The van der Waals surface area contributed by atoms with Crippen molar-refractivity contribution < 1.29 is 0 Å². The van der Waals surface area contributed by atoms with Crippen LogP contribution in [0.2, 0.25) is 0 Å². The van der Waals surface area contributed by atoms with Gasteiger partial charge < -0.3 is 0 Å². The van der Waals surface area contributed by atoms with Gasteiger partial charge in [-0.3, -0.25) is 0 Å². The van der Waals surface area contributed by atoms with Gasteiger partial charge in [-0.1, -0.05) is 315 Å². The molecule has 0 amide bonds. The normalized spacial score (nSPS) is 15.1. The van der Waals surface area contributed by atoms with Gasteiger partial charge in [0, 0.05) is 11.1 Å². The van der Waals surface area contributed by atoms with Gasteiger partial charge in [-0.15, -0.1) is 0 Å². The summed E-state index contributed by atoms with van der Waals surface area (Å²) in [5.74, 6) is 0. The first-order valence-corrected chi connectivity index (χ1v) is 33.0. The van der Waals surface area contributed by atoms with Gasteiger partial charge >= 0.3 is 0 Å². The smallest absolute Gasteiger partial charge is 0.0941 e. The van der Waals surface area contributed by atoms with Crippen LogP contribution >= 0.6 is 0 Å². The third-order valence-electron chi connectivity index (χ3n) is 22.5. The molecular weight excluding hydrogens is 1130 g/mol. The summed E-state index contributed by atoms with van der Waals surface area (Å²) in [6, 6.07) is 128. The Morgan fingerprint density at radius 3 is 0.617 bits per heavy atom. The minimum atomic E-state index is -0.858. The molecule has 0 unspecified atom stereocenters. The Hall–Kier alpha value is -11.8. The van der Waals surface area contributed by atoms with E-state index < -0.39 is 21.7 Å². The molecule has 21 rings (SSSR count). The monoisotopic (exact) mass is 1190 g/mol.